The van der Waals surface area contributed by atoms with Crippen LogP contribution in [0.1, 0.15) is 35.6 Å². The fraction of sp³-hybridized carbons (Fsp3) is 0.286. The number of aromatic nitrogens is 2. The van der Waals surface area contributed by atoms with Crippen LogP contribution in [0.2, 0.25) is 0 Å². The van der Waals surface area contributed by atoms with Gasteiger partial charge in [-0.25, -0.2) is 22.5 Å². The Kier molecular flexibility index (Phi) is 5.03. The zero-order valence-corrected chi connectivity index (χ0v) is 16.5. The first-order chi connectivity index (χ1) is 13.5. The molecule has 0 radical (unpaired) electrons. The Morgan fingerprint density at radius 1 is 1.11 bits per heavy atom. The van der Waals surface area contributed by atoms with Crippen molar-refractivity contribution in [3.8, 4) is 5.69 Å². The maximum Gasteiger partial charge on any atom is 0.241 e. The standard InChI is InChI=1S/C21H22FN3O2S/c1-15-13-16(22)11-12-20(15)28(26,27)23-14-21-24-18-9-5-6-10-19(18)25(21)17-7-3-2-4-8-17/h2-4,7-8,11-13,23H,5-6,9-10,14H2,1H3. The highest BCUT2D eigenvalue weighted by atomic mass is 32.2. The summed E-state index contributed by atoms with van der Waals surface area (Å²) < 4.78 is 43.5. The number of nitrogens with one attached hydrogen (secondary N) is 1. The van der Waals surface area contributed by atoms with Crippen molar-refractivity contribution in [2.75, 3.05) is 0 Å². The minimum absolute atomic E-state index is 0.0705. The molecular formula is C21H22FN3O2S. The lowest BCUT2D eigenvalue weighted by Crippen LogP contribution is -2.25. The van der Waals surface area contributed by atoms with Crippen molar-refractivity contribution >= 4 is 10.0 Å². The van der Waals surface area contributed by atoms with Gasteiger partial charge < -0.3 is 0 Å². The molecule has 3 aromatic rings. The number of benzene rings is 2. The molecule has 0 spiro atoms. The first kappa shape index (κ1) is 18.8. The number of fused-ring (bicyclic) bond motifs is 1. The molecule has 5 nitrogen and oxygen atoms in total. The monoisotopic (exact) mass is 399 g/mol. The van der Waals surface area contributed by atoms with Gasteiger partial charge in [-0.15, -0.1) is 0 Å². The molecule has 1 heterocycles. The molecule has 2 aromatic carbocycles. The van der Waals surface area contributed by atoms with Gasteiger partial charge in [0.25, 0.3) is 0 Å². The SMILES string of the molecule is Cc1cc(F)ccc1S(=O)(=O)NCc1nc2c(n1-c1ccccc1)CCCC2. The molecule has 1 aromatic heterocycles. The summed E-state index contributed by atoms with van der Waals surface area (Å²) in [7, 11) is -3.78. The molecule has 0 saturated carbocycles. The van der Waals surface area contributed by atoms with Gasteiger partial charge in [0.15, 0.2) is 0 Å². The predicted molar refractivity (Wildman–Crippen MR) is 105 cm³/mol. The molecular weight excluding hydrogens is 377 g/mol. The second kappa shape index (κ2) is 7.48. The van der Waals surface area contributed by atoms with E-state index < -0.39 is 15.8 Å². The van der Waals surface area contributed by atoms with Crippen molar-refractivity contribution in [2.45, 2.75) is 44.0 Å². The maximum absolute atomic E-state index is 13.3. The maximum atomic E-state index is 13.3. The molecule has 1 N–H and O–H groups in total. The number of halogens is 1. The molecule has 0 fully saturated rings. The summed E-state index contributed by atoms with van der Waals surface area (Å²) in [6, 6.07) is 13.5. The molecule has 0 bridgehead atoms. The zero-order chi connectivity index (χ0) is 19.7. The molecule has 28 heavy (non-hydrogen) atoms. The van der Waals surface area contributed by atoms with E-state index in [1.807, 2.05) is 30.3 Å². The van der Waals surface area contributed by atoms with Crippen LogP contribution in [0.25, 0.3) is 5.69 Å². The highest BCUT2D eigenvalue weighted by Gasteiger charge is 2.23. The van der Waals surface area contributed by atoms with E-state index in [-0.39, 0.29) is 11.4 Å². The van der Waals surface area contributed by atoms with E-state index in [0.29, 0.717) is 11.4 Å². The van der Waals surface area contributed by atoms with Gasteiger partial charge in [-0.2, -0.15) is 0 Å². The van der Waals surface area contributed by atoms with Gasteiger partial charge in [-0.05, 0) is 68.5 Å². The molecule has 0 aliphatic heterocycles. The van der Waals surface area contributed by atoms with Crippen molar-refractivity contribution in [3.63, 3.8) is 0 Å². The third-order valence-electron chi connectivity index (χ3n) is 5.06. The third-order valence-corrected chi connectivity index (χ3v) is 6.62. The van der Waals surface area contributed by atoms with E-state index in [2.05, 4.69) is 9.29 Å². The summed E-state index contributed by atoms with van der Waals surface area (Å²) in [4.78, 5) is 4.82. The lowest BCUT2D eigenvalue weighted by molar-refractivity contribution is 0.576. The van der Waals surface area contributed by atoms with Gasteiger partial charge in [0.1, 0.15) is 11.6 Å². The number of para-hydroxylation sites is 1. The smallest absolute Gasteiger partial charge is 0.241 e. The minimum atomic E-state index is -3.78. The summed E-state index contributed by atoms with van der Waals surface area (Å²) in [6.07, 6.45) is 4.04. The Labute approximate surface area is 164 Å². The van der Waals surface area contributed by atoms with Gasteiger partial charge in [-0.1, -0.05) is 18.2 Å². The van der Waals surface area contributed by atoms with Crippen molar-refractivity contribution in [2.24, 2.45) is 0 Å². The summed E-state index contributed by atoms with van der Waals surface area (Å²) >= 11 is 0. The normalized spacial score (nSPS) is 14.1. The summed E-state index contributed by atoms with van der Waals surface area (Å²) in [6.45, 7) is 1.66. The van der Waals surface area contributed by atoms with Crippen molar-refractivity contribution in [3.05, 3.63) is 77.1 Å². The first-order valence-corrected chi connectivity index (χ1v) is 10.8. The zero-order valence-electron chi connectivity index (χ0n) is 15.7. The van der Waals surface area contributed by atoms with Gasteiger partial charge in [0.05, 0.1) is 17.1 Å². The Balaban J connectivity index is 1.68. The van der Waals surface area contributed by atoms with E-state index in [9.17, 15) is 12.8 Å². The topological polar surface area (TPSA) is 64.0 Å². The molecule has 1 aliphatic carbocycles. The molecule has 4 rings (SSSR count). The van der Waals surface area contributed by atoms with Gasteiger partial charge in [-0.3, -0.25) is 4.57 Å². The lowest BCUT2D eigenvalue weighted by Gasteiger charge is -2.16. The second-order valence-corrected chi connectivity index (χ2v) is 8.77. The molecule has 0 saturated heterocycles. The second-order valence-electron chi connectivity index (χ2n) is 7.03. The van der Waals surface area contributed by atoms with Crippen LogP contribution in [0.4, 0.5) is 4.39 Å². The molecule has 0 atom stereocenters. The molecule has 0 amide bonds. The van der Waals surface area contributed by atoms with Crippen LogP contribution in [0, 0.1) is 12.7 Å². The molecule has 7 heteroatoms. The highest BCUT2D eigenvalue weighted by molar-refractivity contribution is 7.89. The lowest BCUT2D eigenvalue weighted by atomic mass is 10.0. The van der Waals surface area contributed by atoms with Crippen LogP contribution < -0.4 is 4.72 Å². The number of imidazole rings is 1. The van der Waals surface area contributed by atoms with Crippen molar-refractivity contribution in [1.29, 1.82) is 0 Å². The molecule has 146 valence electrons. The average Bonchev–Trinajstić information content (AvgIpc) is 3.05. The number of aryl methyl sites for hydroxylation is 2. The number of hydrogen-bond donors (Lipinski definition) is 1. The Morgan fingerprint density at radius 2 is 1.86 bits per heavy atom. The van der Waals surface area contributed by atoms with Crippen LogP contribution >= 0.6 is 0 Å². The van der Waals surface area contributed by atoms with Crippen molar-refractivity contribution < 1.29 is 12.8 Å². The fourth-order valence-corrected chi connectivity index (χ4v) is 4.95. The van der Waals surface area contributed by atoms with Crippen LogP contribution in [0.15, 0.2) is 53.4 Å². The highest BCUT2D eigenvalue weighted by Crippen LogP contribution is 2.26. The number of rotatable bonds is 5. The fourth-order valence-electron chi connectivity index (χ4n) is 3.75. The quantitative estimate of drug-likeness (QED) is 0.712. The van der Waals surface area contributed by atoms with E-state index in [1.165, 1.54) is 12.1 Å². The Morgan fingerprint density at radius 3 is 2.61 bits per heavy atom. The summed E-state index contributed by atoms with van der Waals surface area (Å²) in [5, 5.41) is 0. The van der Waals surface area contributed by atoms with Crippen LogP contribution in [0.3, 0.4) is 0 Å². The van der Waals surface area contributed by atoms with E-state index in [1.54, 1.807) is 6.92 Å². The molecule has 0 unspecified atom stereocenters. The minimum Gasteiger partial charge on any atom is -0.299 e. The number of hydrogen-bond acceptors (Lipinski definition) is 3. The number of nitrogens with zero attached hydrogens (tertiary/aromatic N) is 2. The van der Waals surface area contributed by atoms with Crippen LogP contribution in [0.5, 0.6) is 0 Å². The van der Waals surface area contributed by atoms with Gasteiger partial charge in [0.2, 0.25) is 10.0 Å². The predicted octanol–water partition coefficient (Wildman–Crippen LogP) is 3.68. The molecule has 1 aliphatic rings. The van der Waals surface area contributed by atoms with Crippen LogP contribution in [-0.4, -0.2) is 18.0 Å². The van der Waals surface area contributed by atoms with E-state index in [4.69, 9.17) is 4.98 Å². The van der Waals surface area contributed by atoms with E-state index >= 15 is 0 Å². The first-order valence-electron chi connectivity index (χ1n) is 9.36. The third kappa shape index (κ3) is 3.59. The van der Waals surface area contributed by atoms with Crippen molar-refractivity contribution in [1.82, 2.24) is 14.3 Å². The Hall–Kier alpha value is -2.51. The number of sulfonamides is 1. The van der Waals surface area contributed by atoms with Crippen LogP contribution in [-0.2, 0) is 29.4 Å². The van der Waals surface area contributed by atoms with Gasteiger partial charge >= 0.3 is 0 Å². The Bertz CT molecular complexity index is 1110. The van der Waals surface area contributed by atoms with E-state index in [0.717, 1.165) is 48.8 Å². The van der Waals surface area contributed by atoms with Gasteiger partial charge in [0, 0.05) is 11.4 Å². The average molecular weight is 399 g/mol. The summed E-state index contributed by atoms with van der Waals surface area (Å²) in [5.74, 6) is 0.213. The largest absolute Gasteiger partial charge is 0.299 e. The summed E-state index contributed by atoms with van der Waals surface area (Å²) in [5.41, 5.74) is 3.55.